The summed E-state index contributed by atoms with van der Waals surface area (Å²) < 4.78 is 40.1. The molecule has 1 amide bonds. The van der Waals surface area contributed by atoms with Crippen molar-refractivity contribution >= 4 is 17.4 Å². The summed E-state index contributed by atoms with van der Waals surface area (Å²) in [4.78, 5) is 28.6. The normalized spacial score (nSPS) is 15.1. The van der Waals surface area contributed by atoms with Gasteiger partial charge in [0.25, 0.3) is 0 Å². The van der Waals surface area contributed by atoms with E-state index < -0.39 is 11.9 Å². The number of imidazole rings is 1. The van der Waals surface area contributed by atoms with Gasteiger partial charge in [-0.25, -0.2) is 9.97 Å². The highest BCUT2D eigenvalue weighted by atomic mass is 19.4. The Kier molecular flexibility index (Phi) is 6.08. The second-order valence-corrected chi connectivity index (χ2v) is 7.60. The summed E-state index contributed by atoms with van der Waals surface area (Å²) in [7, 11) is 2.09. The third-order valence-corrected chi connectivity index (χ3v) is 5.19. The van der Waals surface area contributed by atoms with E-state index in [4.69, 9.17) is 0 Å². The van der Waals surface area contributed by atoms with Crippen LogP contribution in [-0.2, 0) is 17.5 Å². The van der Waals surface area contributed by atoms with Gasteiger partial charge in [0.1, 0.15) is 18.1 Å². The molecule has 4 rings (SSSR count). The minimum Gasteiger partial charge on any atom is -0.368 e. The van der Waals surface area contributed by atoms with Crippen molar-refractivity contribution in [3.05, 3.63) is 54.9 Å². The van der Waals surface area contributed by atoms with Crippen molar-refractivity contribution in [2.75, 3.05) is 43.4 Å². The summed E-state index contributed by atoms with van der Waals surface area (Å²) in [6.07, 6.45) is 1.19. The number of pyridine rings is 2. The summed E-state index contributed by atoms with van der Waals surface area (Å²) in [5.74, 6) is 0.108. The molecule has 1 saturated heterocycles. The van der Waals surface area contributed by atoms with Crippen LogP contribution >= 0.6 is 0 Å². The van der Waals surface area contributed by atoms with Crippen LogP contribution in [0.5, 0.6) is 0 Å². The van der Waals surface area contributed by atoms with E-state index in [1.165, 1.54) is 23.2 Å². The number of piperazine rings is 1. The van der Waals surface area contributed by atoms with Crippen LogP contribution in [0.25, 0.3) is 11.3 Å². The number of rotatable bonds is 5. The lowest BCUT2D eigenvalue weighted by molar-refractivity contribution is -0.141. The maximum Gasteiger partial charge on any atom is 0.433 e. The highest BCUT2D eigenvalue weighted by Gasteiger charge is 2.32. The van der Waals surface area contributed by atoms with Gasteiger partial charge in [-0.15, -0.1) is 0 Å². The predicted octanol–water partition coefficient (Wildman–Crippen LogP) is 2.75. The van der Waals surface area contributed by atoms with E-state index in [-0.39, 0.29) is 18.0 Å². The largest absolute Gasteiger partial charge is 0.433 e. The monoisotopic (exact) mass is 445 g/mol. The lowest BCUT2D eigenvalue weighted by atomic mass is 10.2. The van der Waals surface area contributed by atoms with Crippen LogP contribution in [0.15, 0.2) is 49.2 Å². The van der Waals surface area contributed by atoms with Crippen LogP contribution in [0, 0.1) is 0 Å². The average molecular weight is 445 g/mol. The molecule has 0 bridgehead atoms. The van der Waals surface area contributed by atoms with Gasteiger partial charge in [0, 0.05) is 44.1 Å². The number of nitrogens with one attached hydrogen (secondary N) is 1. The Labute approximate surface area is 182 Å². The lowest BCUT2D eigenvalue weighted by Gasteiger charge is -2.33. The zero-order valence-corrected chi connectivity index (χ0v) is 17.4. The third kappa shape index (κ3) is 5.22. The number of nitrogens with zero attached hydrogens (tertiary/aromatic N) is 6. The number of hydrogen-bond donors (Lipinski definition) is 1. The van der Waals surface area contributed by atoms with E-state index in [0.29, 0.717) is 11.5 Å². The van der Waals surface area contributed by atoms with Crippen LogP contribution in [0.1, 0.15) is 5.69 Å². The van der Waals surface area contributed by atoms with E-state index in [0.717, 1.165) is 44.1 Å². The topological polar surface area (TPSA) is 79.2 Å². The molecule has 1 fully saturated rings. The van der Waals surface area contributed by atoms with Gasteiger partial charge in [0.2, 0.25) is 5.91 Å². The number of likely N-dealkylation sites (N-methyl/N-ethyl adjacent to an activating group) is 1. The van der Waals surface area contributed by atoms with Gasteiger partial charge in [-0.05, 0) is 31.3 Å². The van der Waals surface area contributed by atoms with E-state index in [1.54, 1.807) is 12.3 Å². The molecule has 4 heterocycles. The maximum absolute atomic E-state index is 12.9. The summed E-state index contributed by atoms with van der Waals surface area (Å²) in [6.45, 7) is 3.78. The molecule has 0 spiro atoms. The number of aromatic nitrogens is 4. The smallest absolute Gasteiger partial charge is 0.368 e. The number of carbonyl (C=O) groups is 1. The fraction of sp³-hybridized carbons (Fsp3) is 0.333. The Morgan fingerprint density at radius 1 is 1.09 bits per heavy atom. The molecule has 1 aliphatic heterocycles. The first-order valence-corrected chi connectivity index (χ1v) is 10.0. The molecule has 0 radical (unpaired) electrons. The molecule has 0 unspecified atom stereocenters. The van der Waals surface area contributed by atoms with Crippen molar-refractivity contribution in [3.63, 3.8) is 0 Å². The second kappa shape index (κ2) is 8.95. The van der Waals surface area contributed by atoms with Gasteiger partial charge in [-0.3, -0.25) is 9.78 Å². The Morgan fingerprint density at radius 2 is 1.88 bits per heavy atom. The first-order valence-electron chi connectivity index (χ1n) is 10.0. The van der Waals surface area contributed by atoms with Crippen molar-refractivity contribution in [3.8, 4) is 11.3 Å². The fourth-order valence-electron chi connectivity index (χ4n) is 3.40. The van der Waals surface area contributed by atoms with E-state index in [2.05, 4.69) is 37.1 Å². The minimum atomic E-state index is -4.54. The van der Waals surface area contributed by atoms with Crippen molar-refractivity contribution in [1.29, 1.82) is 0 Å². The van der Waals surface area contributed by atoms with Crippen LogP contribution in [0.2, 0.25) is 0 Å². The molecule has 1 N–H and O–H groups in total. The Hall–Kier alpha value is -3.47. The molecule has 0 saturated carbocycles. The molecule has 0 atom stereocenters. The van der Waals surface area contributed by atoms with E-state index in [9.17, 15) is 18.0 Å². The highest BCUT2D eigenvalue weighted by Crippen LogP contribution is 2.30. The molecule has 1 aliphatic rings. The van der Waals surface area contributed by atoms with Gasteiger partial charge in [-0.2, -0.15) is 13.2 Å². The van der Waals surface area contributed by atoms with Crippen LogP contribution in [0.4, 0.5) is 24.7 Å². The van der Waals surface area contributed by atoms with Crippen LogP contribution in [0.3, 0.4) is 0 Å². The molecule has 0 aromatic carbocycles. The van der Waals surface area contributed by atoms with Crippen molar-refractivity contribution in [1.82, 2.24) is 24.4 Å². The van der Waals surface area contributed by atoms with Crippen molar-refractivity contribution in [2.24, 2.45) is 0 Å². The Bertz CT molecular complexity index is 1070. The predicted molar refractivity (Wildman–Crippen MR) is 113 cm³/mol. The number of carbonyl (C=O) groups excluding carboxylic acids is 1. The molecule has 0 aliphatic carbocycles. The standard InChI is InChI=1S/C21H22F3N7O/c1-29-6-8-31(9-7-29)16-2-3-19(26-11-16)28-20(32)13-30-12-17(27-14-30)15-4-5-25-18(10-15)21(22,23)24/h2-5,10-12,14H,6-9,13H2,1H3,(H,26,28,32). The zero-order valence-electron chi connectivity index (χ0n) is 17.4. The highest BCUT2D eigenvalue weighted by molar-refractivity contribution is 5.89. The number of amides is 1. The number of alkyl halides is 3. The molecule has 3 aromatic heterocycles. The molecule has 3 aromatic rings. The third-order valence-electron chi connectivity index (χ3n) is 5.19. The summed E-state index contributed by atoms with van der Waals surface area (Å²) in [5, 5.41) is 2.72. The van der Waals surface area contributed by atoms with Gasteiger partial charge >= 0.3 is 6.18 Å². The van der Waals surface area contributed by atoms with Crippen molar-refractivity contribution in [2.45, 2.75) is 12.7 Å². The molecule has 11 heteroatoms. The summed E-state index contributed by atoms with van der Waals surface area (Å²) in [6, 6.07) is 6.04. The van der Waals surface area contributed by atoms with Gasteiger partial charge < -0.3 is 19.7 Å². The van der Waals surface area contributed by atoms with Crippen LogP contribution < -0.4 is 10.2 Å². The molecular weight excluding hydrogens is 423 g/mol. The lowest BCUT2D eigenvalue weighted by Crippen LogP contribution is -2.44. The number of hydrogen-bond acceptors (Lipinski definition) is 6. The number of anilines is 2. The Morgan fingerprint density at radius 3 is 2.56 bits per heavy atom. The molecule has 8 nitrogen and oxygen atoms in total. The van der Waals surface area contributed by atoms with Gasteiger partial charge in [-0.1, -0.05) is 0 Å². The van der Waals surface area contributed by atoms with E-state index in [1.807, 2.05) is 6.07 Å². The molecular formula is C21H22F3N7O. The number of halogens is 3. The second-order valence-electron chi connectivity index (χ2n) is 7.60. The maximum atomic E-state index is 12.9. The Balaban J connectivity index is 1.36. The molecule has 168 valence electrons. The SMILES string of the molecule is CN1CCN(c2ccc(NC(=O)Cn3cnc(-c4ccnc(C(F)(F)F)c4)c3)nc2)CC1. The van der Waals surface area contributed by atoms with Gasteiger partial charge in [0.15, 0.2) is 0 Å². The fourth-order valence-corrected chi connectivity index (χ4v) is 3.40. The summed E-state index contributed by atoms with van der Waals surface area (Å²) >= 11 is 0. The first-order chi connectivity index (χ1) is 15.3. The summed E-state index contributed by atoms with van der Waals surface area (Å²) in [5.41, 5.74) is 0.604. The quantitative estimate of drug-likeness (QED) is 0.651. The molecule has 32 heavy (non-hydrogen) atoms. The average Bonchev–Trinajstić information content (AvgIpc) is 3.23. The van der Waals surface area contributed by atoms with Crippen molar-refractivity contribution < 1.29 is 18.0 Å². The minimum absolute atomic E-state index is 0.0495. The van der Waals surface area contributed by atoms with Crippen LogP contribution in [-0.4, -0.2) is 63.6 Å². The van der Waals surface area contributed by atoms with Gasteiger partial charge in [0.05, 0.1) is 23.9 Å². The zero-order chi connectivity index (χ0) is 22.7. The first kappa shape index (κ1) is 21.8. The van der Waals surface area contributed by atoms with E-state index >= 15 is 0 Å².